The van der Waals surface area contributed by atoms with Crippen LogP contribution in [0.2, 0.25) is 0 Å². The van der Waals surface area contributed by atoms with Gasteiger partial charge in [-0.25, -0.2) is 0 Å². The molecule has 1 aromatic rings. The van der Waals surface area contributed by atoms with Crippen molar-refractivity contribution in [1.29, 1.82) is 0 Å². The van der Waals surface area contributed by atoms with Crippen LogP contribution in [0.3, 0.4) is 0 Å². The van der Waals surface area contributed by atoms with E-state index in [1.807, 2.05) is 0 Å². The summed E-state index contributed by atoms with van der Waals surface area (Å²) in [4.78, 5) is 2.43. The summed E-state index contributed by atoms with van der Waals surface area (Å²) in [6, 6.07) is 6.69. The first-order chi connectivity index (χ1) is 11.2. The van der Waals surface area contributed by atoms with Gasteiger partial charge in [-0.3, -0.25) is 0 Å². The molecule has 0 radical (unpaired) electrons. The van der Waals surface area contributed by atoms with Crippen molar-refractivity contribution in [3.63, 3.8) is 0 Å². The Labute approximate surface area is 144 Å². The monoisotopic (exact) mass is 318 g/mol. The maximum atomic E-state index is 3.43. The lowest BCUT2D eigenvalue weighted by atomic mass is 10.1. The molecule has 0 aliphatic carbocycles. The summed E-state index contributed by atoms with van der Waals surface area (Å²) in [6.07, 6.45) is 11.1. The SMILES string of the molecule is CCCCCCCCCCN(C)c1cccc(CNCC)c1C. The fraction of sp³-hybridized carbons (Fsp3) is 0.714. The Bertz CT molecular complexity index is 414. The first-order valence-corrected chi connectivity index (χ1v) is 9.71. The highest BCUT2D eigenvalue weighted by Crippen LogP contribution is 2.22. The number of nitrogens with zero attached hydrogens (tertiary/aromatic N) is 1. The van der Waals surface area contributed by atoms with Crippen LogP contribution >= 0.6 is 0 Å². The van der Waals surface area contributed by atoms with E-state index in [4.69, 9.17) is 0 Å². The van der Waals surface area contributed by atoms with Crippen molar-refractivity contribution in [2.45, 2.75) is 78.7 Å². The lowest BCUT2D eigenvalue weighted by Gasteiger charge is -2.23. The Kier molecular flexibility index (Phi) is 10.8. The molecule has 2 nitrogen and oxygen atoms in total. The molecule has 0 heterocycles. The van der Waals surface area contributed by atoms with Gasteiger partial charge in [-0.2, -0.15) is 0 Å². The van der Waals surface area contributed by atoms with E-state index in [9.17, 15) is 0 Å². The molecule has 1 N–H and O–H groups in total. The zero-order valence-corrected chi connectivity index (χ0v) is 16.0. The molecule has 0 unspecified atom stereocenters. The topological polar surface area (TPSA) is 15.3 Å². The summed E-state index contributed by atoms with van der Waals surface area (Å²) in [6.45, 7) is 9.87. The third-order valence-corrected chi connectivity index (χ3v) is 4.74. The fourth-order valence-corrected chi connectivity index (χ4v) is 3.14. The molecule has 1 aromatic carbocycles. The molecule has 1 rings (SSSR count). The van der Waals surface area contributed by atoms with E-state index in [1.54, 1.807) is 0 Å². The van der Waals surface area contributed by atoms with E-state index in [1.165, 1.54) is 74.7 Å². The fourth-order valence-electron chi connectivity index (χ4n) is 3.14. The first-order valence-electron chi connectivity index (χ1n) is 9.71. The molecule has 132 valence electrons. The van der Waals surface area contributed by atoms with E-state index in [0.29, 0.717) is 0 Å². The Morgan fingerprint density at radius 2 is 1.57 bits per heavy atom. The second-order valence-corrected chi connectivity index (χ2v) is 6.74. The minimum Gasteiger partial charge on any atom is -0.374 e. The first kappa shape index (κ1) is 20.0. The number of hydrogen-bond donors (Lipinski definition) is 1. The van der Waals surface area contributed by atoms with Crippen molar-refractivity contribution in [3.05, 3.63) is 29.3 Å². The van der Waals surface area contributed by atoms with Gasteiger partial charge >= 0.3 is 0 Å². The standard InChI is InChI=1S/C21H38N2/c1-5-7-8-9-10-11-12-13-17-23(4)21-16-14-15-20(19(21)3)18-22-6-2/h14-16,22H,5-13,17-18H2,1-4H3. The maximum absolute atomic E-state index is 3.43. The normalized spacial score (nSPS) is 11.0. The molecule has 0 saturated carbocycles. The molecule has 2 heteroatoms. The van der Waals surface area contributed by atoms with Gasteiger partial charge in [0.25, 0.3) is 0 Å². The highest BCUT2D eigenvalue weighted by molar-refractivity contribution is 5.55. The molecule has 0 aromatic heterocycles. The van der Waals surface area contributed by atoms with E-state index < -0.39 is 0 Å². The van der Waals surface area contributed by atoms with Crippen LogP contribution in [0.25, 0.3) is 0 Å². The predicted octanol–water partition coefficient (Wildman–Crippen LogP) is 5.68. The van der Waals surface area contributed by atoms with Gasteiger partial charge in [0.15, 0.2) is 0 Å². The molecule has 23 heavy (non-hydrogen) atoms. The third-order valence-electron chi connectivity index (χ3n) is 4.74. The third kappa shape index (κ3) is 7.87. The highest BCUT2D eigenvalue weighted by atomic mass is 15.1. The van der Waals surface area contributed by atoms with Crippen molar-refractivity contribution in [2.75, 3.05) is 25.0 Å². The summed E-state index contributed by atoms with van der Waals surface area (Å²) >= 11 is 0. The summed E-state index contributed by atoms with van der Waals surface area (Å²) in [5, 5.41) is 3.43. The van der Waals surface area contributed by atoms with Gasteiger partial charge in [0.2, 0.25) is 0 Å². The highest BCUT2D eigenvalue weighted by Gasteiger charge is 2.07. The molecule has 0 bridgehead atoms. The molecule has 0 saturated heterocycles. The van der Waals surface area contributed by atoms with Crippen molar-refractivity contribution in [1.82, 2.24) is 5.32 Å². The molecular formula is C21H38N2. The average Bonchev–Trinajstić information content (AvgIpc) is 2.56. The number of anilines is 1. The smallest absolute Gasteiger partial charge is 0.0396 e. The minimum atomic E-state index is 0.974. The molecule has 0 fully saturated rings. The molecule has 0 atom stereocenters. The van der Waals surface area contributed by atoms with E-state index >= 15 is 0 Å². The minimum absolute atomic E-state index is 0.974. The summed E-state index contributed by atoms with van der Waals surface area (Å²) in [5.74, 6) is 0. The largest absolute Gasteiger partial charge is 0.374 e. The van der Waals surface area contributed by atoms with Gasteiger partial charge in [-0.15, -0.1) is 0 Å². The van der Waals surface area contributed by atoms with Gasteiger partial charge in [0.1, 0.15) is 0 Å². The summed E-state index contributed by atoms with van der Waals surface area (Å²) < 4.78 is 0. The van der Waals surface area contributed by atoms with E-state index in [0.717, 1.165) is 13.1 Å². The van der Waals surface area contributed by atoms with Crippen LogP contribution in [0.1, 0.15) is 76.3 Å². The zero-order valence-electron chi connectivity index (χ0n) is 16.0. The van der Waals surface area contributed by atoms with Gasteiger partial charge in [0, 0.05) is 25.8 Å². The number of benzene rings is 1. The van der Waals surface area contributed by atoms with Crippen molar-refractivity contribution in [2.24, 2.45) is 0 Å². The van der Waals surface area contributed by atoms with Gasteiger partial charge in [-0.1, -0.05) is 70.9 Å². The summed E-state index contributed by atoms with van der Waals surface area (Å²) in [5.41, 5.74) is 4.24. The lowest BCUT2D eigenvalue weighted by Crippen LogP contribution is -2.21. The van der Waals surface area contributed by atoms with Crippen LogP contribution in [-0.2, 0) is 6.54 Å². The number of hydrogen-bond acceptors (Lipinski definition) is 2. The molecule has 0 aliphatic rings. The van der Waals surface area contributed by atoms with Crippen molar-refractivity contribution in [3.8, 4) is 0 Å². The Balaban J connectivity index is 2.30. The van der Waals surface area contributed by atoms with E-state index in [-0.39, 0.29) is 0 Å². The maximum Gasteiger partial charge on any atom is 0.0396 e. The predicted molar refractivity (Wildman–Crippen MR) is 104 cm³/mol. The number of rotatable bonds is 13. The van der Waals surface area contributed by atoms with Crippen molar-refractivity contribution < 1.29 is 0 Å². The Morgan fingerprint density at radius 3 is 2.22 bits per heavy atom. The zero-order chi connectivity index (χ0) is 16.9. The Morgan fingerprint density at radius 1 is 0.913 bits per heavy atom. The number of unbranched alkanes of at least 4 members (excludes halogenated alkanes) is 7. The Hall–Kier alpha value is -1.02. The van der Waals surface area contributed by atoms with Gasteiger partial charge < -0.3 is 10.2 Å². The van der Waals surface area contributed by atoms with Gasteiger partial charge in [0.05, 0.1) is 0 Å². The molecule has 0 aliphatic heterocycles. The quantitative estimate of drug-likeness (QED) is 0.471. The number of nitrogens with one attached hydrogen (secondary N) is 1. The van der Waals surface area contributed by atoms with Crippen LogP contribution in [0.15, 0.2) is 18.2 Å². The summed E-state index contributed by atoms with van der Waals surface area (Å²) in [7, 11) is 2.24. The van der Waals surface area contributed by atoms with Gasteiger partial charge in [-0.05, 0) is 37.1 Å². The van der Waals surface area contributed by atoms with Crippen LogP contribution in [0, 0.1) is 6.92 Å². The van der Waals surface area contributed by atoms with Crippen LogP contribution in [-0.4, -0.2) is 20.1 Å². The lowest BCUT2D eigenvalue weighted by molar-refractivity contribution is 0.575. The molecular weight excluding hydrogens is 280 g/mol. The van der Waals surface area contributed by atoms with Crippen LogP contribution in [0.5, 0.6) is 0 Å². The second-order valence-electron chi connectivity index (χ2n) is 6.74. The average molecular weight is 319 g/mol. The second kappa shape index (κ2) is 12.4. The van der Waals surface area contributed by atoms with E-state index in [2.05, 4.69) is 56.2 Å². The molecule has 0 amide bonds. The van der Waals surface area contributed by atoms with Crippen LogP contribution < -0.4 is 10.2 Å². The molecule has 0 spiro atoms. The van der Waals surface area contributed by atoms with Crippen molar-refractivity contribution >= 4 is 5.69 Å². The van der Waals surface area contributed by atoms with Crippen LogP contribution in [0.4, 0.5) is 5.69 Å².